The van der Waals surface area contributed by atoms with Gasteiger partial charge in [-0.15, -0.1) is 0 Å². The molecule has 0 aliphatic heterocycles. The van der Waals surface area contributed by atoms with E-state index in [1.165, 1.54) is 16.5 Å². The van der Waals surface area contributed by atoms with Crippen LogP contribution in [0.1, 0.15) is 19.3 Å². The maximum atomic E-state index is 5.42. The third-order valence-corrected chi connectivity index (χ3v) is 2.31. The van der Waals surface area contributed by atoms with Crippen LogP contribution < -0.4 is 5.73 Å². The lowest BCUT2D eigenvalue weighted by atomic mass is 10.0. The van der Waals surface area contributed by atoms with Crippen LogP contribution in [0, 0.1) is 0 Å². The van der Waals surface area contributed by atoms with Crippen molar-refractivity contribution in [3.05, 3.63) is 22.2 Å². The van der Waals surface area contributed by atoms with Crippen LogP contribution in [0.4, 0.5) is 0 Å². The molecule has 1 aliphatic rings. The second-order valence-electron chi connectivity index (χ2n) is 2.48. The van der Waals surface area contributed by atoms with Crippen LogP contribution in [0.25, 0.3) is 0 Å². The summed E-state index contributed by atoms with van der Waals surface area (Å²) in [7, 11) is 0. The minimum Gasteiger partial charge on any atom is -0.330 e. The van der Waals surface area contributed by atoms with Gasteiger partial charge in [-0.3, -0.25) is 0 Å². The summed E-state index contributed by atoms with van der Waals surface area (Å²) in [5, 5.41) is 0. The zero-order valence-electron chi connectivity index (χ0n) is 5.94. The van der Waals surface area contributed by atoms with Gasteiger partial charge in [0, 0.05) is 0 Å². The maximum absolute atomic E-state index is 5.42. The number of nitrogens with two attached hydrogens (primary N) is 1. The second-order valence-corrected chi connectivity index (χ2v) is 3.50. The van der Waals surface area contributed by atoms with Gasteiger partial charge >= 0.3 is 0 Å². The maximum Gasteiger partial charge on any atom is -0.00398 e. The molecule has 0 atom stereocenters. The predicted octanol–water partition coefficient (Wildman–Crippen LogP) is 2.33. The van der Waals surface area contributed by atoms with Crippen LogP contribution >= 0.6 is 15.9 Å². The zero-order chi connectivity index (χ0) is 7.40. The Hall–Kier alpha value is -0.0800. The Balaban J connectivity index is 2.47. The first-order valence-electron chi connectivity index (χ1n) is 3.57. The summed E-state index contributed by atoms with van der Waals surface area (Å²) in [4.78, 5) is 0. The van der Waals surface area contributed by atoms with Crippen molar-refractivity contribution in [2.45, 2.75) is 19.3 Å². The highest BCUT2D eigenvalue weighted by Crippen LogP contribution is 2.23. The number of hydrogen-bond acceptors (Lipinski definition) is 1. The van der Waals surface area contributed by atoms with Crippen molar-refractivity contribution in [2.24, 2.45) is 5.73 Å². The molecule has 0 saturated carbocycles. The van der Waals surface area contributed by atoms with E-state index in [1.807, 2.05) is 0 Å². The summed E-state index contributed by atoms with van der Waals surface area (Å²) in [6.45, 7) is 0.775. The van der Waals surface area contributed by atoms with E-state index in [1.54, 1.807) is 0 Å². The summed E-state index contributed by atoms with van der Waals surface area (Å²) in [6.07, 6.45) is 7.66. The van der Waals surface area contributed by atoms with Crippen LogP contribution in [-0.4, -0.2) is 6.54 Å². The molecule has 0 radical (unpaired) electrons. The van der Waals surface area contributed by atoms with Crippen molar-refractivity contribution in [2.75, 3.05) is 6.54 Å². The Labute approximate surface area is 70.1 Å². The normalized spacial score (nSPS) is 18.2. The topological polar surface area (TPSA) is 26.0 Å². The smallest absolute Gasteiger partial charge is 0.00398 e. The van der Waals surface area contributed by atoms with Gasteiger partial charge in [0.2, 0.25) is 0 Å². The molecule has 0 saturated heterocycles. The van der Waals surface area contributed by atoms with Crippen molar-refractivity contribution in [3.63, 3.8) is 0 Å². The van der Waals surface area contributed by atoms with Crippen LogP contribution in [0.2, 0.25) is 0 Å². The highest BCUT2D eigenvalue weighted by atomic mass is 79.9. The van der Waals surface area contributed by atoms with Gasteiger partial charge in [0.15, 0.2) is 0 Å². The van der Waals surface area contributed by atoms with Gasteiger partial charge in [-0.05, 0) is 30.3 Å². The summed E-state index contributed by atoms with van der Waals surface area (Å²) in [6, 6.07) is 0. The Morgan fingerprint density at radius 1 is 1.40 bits per heavy atom. The van der Waals surface area contributed by atoms with Crippen LogP contribution in [0.3, 0.4) is 0 Å². The average Bonchev–Trinajstić information content (AvgIpc) is 1.95. The fourth-order valence-electron chi connectivity index (χ4n) is 1.05. The quantitative estimate of drug-likeness (QED) is 0.730. The number of halogens is 1. The van der Waals surface area contributed by atoms with E-state index in [0.29, 0.717) is 0 Å². The first-order valence-corrected chi connectivity index (χ1v) is 4.36. The summed E-state index contributed by atoms with van der Waals surface area (Å²) < 4.78 is 1.30. The molecule has 0 unspecified atom stereocenters. The molecule has 0 aromatic carbocycles. The van der Waals surface area contributed by atoms with Crippen molar-refractivity contribution in [3.8, 4) is 0 Å². The Kier molecular flexibility index (Phi) is 3.16. The van der Waals surface area contributed by atoms with Crippen molar-refractivity contribution in [1.82, 2.24) is 0 Å². The van der Waals surface area contributed by atoms with Crippen LogP contribution in [0.5, 0.6) is 0 Å². The van der Waals surface area contributed by atoms with E-state index in [0.717, 1.165) is 19.4 Å². The van der Waals surface area contributed by atoms with Gasteiger partial charge in [0.25, 0.3) is 0 Å². The van der Waals surface area contributed by atoms with Crippen LogP contribution in [0.15, 0.2) is 22.2 Å². The monoisotopic (exact) mass is 201 g/mol. The minimum atomic E-state index is 0.775. The van der Waals surface area contributed by atoms with Crippen molar-refractivity contribution < 1.29 is 0 Å². The van der Waals surface area contributed by atoms with Crippen LogP contribution in [-0.2, 0) is 0 Å². The lowest BCUT2D eigenvalue weighted by Gasteiger charge is -2.08. The molecule has 1 nitrogen and oxygen atoms in total. The van der Waals surface area contributed by atoms with Gasteiger partial charge in [0.05, 0.1) is 0 Å². The standard InChI is InChI=1S/C8H12BrN/c9-8-3-1-7(2-4-8)5-6-10/h1,3H,2,4-6,10H2. The first kappa shape index (κ1) is 8.02. The second kappa shape index (κ2) is 3.94. The average molecular weight is 202 g/mol. The molecule has 0 bridgehead atoms. The third-order valence-electron chi connectivity index (χ3n) is 1.65. The molecule has 0 aromatic rings. The van der Waals surface area contributed by atoms with E-state index < -0.39 is 0 Å². The SMILES string of the molecule is NCCC1=CC=C(Br)CC1. The molecular formula is C8H12BrN. The largest absolute Gasteiger partial charge is 0.330 e. The molecule has 10 heavy (non-hydrogen) atoms. The summed E-state index contributed by atoms with van der Waals surface area (Å²) in [5.74, 6) is 0. The van der Waals surface area contributed by atoms with Gasteiger partial charge in [-0.2, -0.15) is 0 Å². The molecule has 1 rings (SSSR count). The van der Waals surface area contributed by atoms with E-state index >= 15 is 0 Å². The fraction of sp³-hybridized carbons (Fsp3) is 0.500. The molecule has 0 spiro atoms. The minimum absolute atomic E-state index is 0.775. The van der Waals surface area contributed by atoms with Gasteiger partial charge < -0.3 is 5.73 Å². The van der Waals surface area contributed by atoms with Gasteiger partial charge in [-0.1, -0.05) is 33.7 Å². The van der Waals surface area contributed by atoms with Gasteiger partial charge in [-0.25, -0.2) is 0 Å². The molecule has 2 heteroatoms. The molecule has 0 aromatic heterocycles. The zero-order valence-corrected chi connectivity index (χ0v) is 7.52. The molecule has 0 fully saturated rings. The lowest BCUT2D eigenvalue weighted by Crippen LogP contribution is -2.01. The highest BCUT2D eigenvalue weighted by Gasteiger charge is 2.01. The molecule has 0 heterocycles. The van der Waals surface area contributed by atoms with Crippen molar-refractivity contribution in [1.29, 1.82) is 0 Å². The number of rotatable bonds is 2. The molecule has 2 N–H and O–H groups in total. The van der Waals surface area contributed by atoms with Gasteiger partial charge in [0.1, 0.15) is 0 Å². The van der Waals surface area contributed by atoms with E-state index in [2.05, 4.69) is 28.1 Å². The summed E-state index contributed by atoms with van der Waals surface area (Å²) in [5.41, 5.74) is 6.90. The third kappa shape index (κ3) is 2.27. The number of hydrogen-bond donors (Lipinski definition) is 1. The Bertz CT molecular complexity index is 166. The van der Waals surface area contributed by atoms with E-state index in [4.69, 9.17) is 5.73 Å². The fourth-order valence-corrected chi connectivity index (χ4v) is 1.38. The Morgan fingerprint density at radius 3 is 2.70 bits per heavy atom. The summed E-state index contributed by atoms with van der Waals surface area (Å²) >= 11 is 3.45. The Morgan fingerprint density at radius 2 is 2.20 bits per heavy atom. The van der Waals surface area contributed by atoms with E-state index in [-0.39, 0.29) is 0 Å². The first-order chi connectivity index (χ1) is 4.83. The number of allylic oxidation sites excluding steroid dienone is 3. The molecule has 0 amide bonds. The molecular weight excluding hydrogens is 190 g/mol. The van der Waals surface area contributed by atoms with E-state index in [9.17, 15) is 0 Å². The molecule has 1 aliphatic carbocycles. The molecule has 56 valence electrons. The van der Waals surface area contributed by atoms with Crippen molar-refractivity contribution >= 4 is 15.9 Å². The predicted molar refractivity (Wildman–Crippen MR) is 48.0 cm³/mol. The highest BCUT2D eigenvalue weighted by molar-refractivity contribution is 9.11. The lowest BCUT2D eigenvalue weighted by molar-refractivity contribution is 0.843.